The van der Waals surface area contributed by atoms with Gasteiger partial charge in [-0.25, -0.2) is 0 Å². The maximum absolute atomic E-state index is 5.83. The normalized spacial score (nSPS) is 11.8. The molecule has 14 heavy (non-hydrogen) atoms. The van der Waals surface area contributed by atoms with Crippen molar-refractivity contribution in [1.29, 1.82) is 0 Å². The fraction of sp³-hybridized carbons (Fsp3) is 0.273. The van der Waals surface area contributed by atoms with Crippen LogP contribution < -0.4 is 0 Å². The average molecular weight is 292 g/mol. The highest BCUT2D eigenvalue weighted by Gasteiger charge is 1.99. The molecule has 1 aromatic carbocycles. The lowest BCUT2D eigenvalue weighted by Crippen LogP contribution is -1.85. The molecule has 0 bridgehead atoms. The number of hydrogen-bond acceptors (Lipinski definition) is 0. The Morgan fingerprint density at radius 1 is 1.29 bits per heavy atom. The van der Waals surface area contributed by atoms with Crippen molar-refractivity contribution in [3.63, 3.8) is 0 Å². The predicted octanol–water partition coefficient (Wildman–Crippen LogP) is 4.11. The summed E-state index contributed by atoms with van der Waals surface area (Å²) in [5, 5.41) is 3.99. The minimum absolute atomic E-state index is 0.727. The first-order valence-corrected chi connectivity index (χ1v) is 8.07. The Balaban J connectivity index is 3.02. The largest absolute Gasteiger partial charge is 0.186 e. The zero-order chi connectivity index (χ0) is 10.8. The fourth-order valence-electron chi connectivity index (χ4n) is 0.799. The summed E-state index contributed by atoms with van der Waals surface area (Å²) in [6, 6.07) is 5.66. The van der Waals surface area contributed by atoms with Crippen LogP contribution >= 0.6 is 37.6 Å². The molecule has 1 aromatic rings. The molecular formula is C11H12BrClS. The Labute approximate surface area is 100 Å². The van der Waals surface area contributed by atoms with Crippen molar-refractivity contribution in [2.45, 2.75) is 0 Å². The molecule has 1 rings (SSSR count). The topological polar surface area (TPSA) is 0 Å². The van der Waals surface area contributed by atoms with E-state index in [1.165, 1.54) is 0 Å². The van der Waals surface area contributed by atoms with Crippen LogP contribution in [0.1, 0.15) is 5.56 Å². The average Bonchev–Trinajstić information content (AvgIpc) is 2.00. The number of halogens is 2. The first kappa shape index (κ1) is 12.0. The van der Waals surface area contributed by atoms with Crippen molar-refractivity contribution in [3.8, 4) is 11.2 Å². The van der Waals surface area contributed by atoms with E-state index in [9.17, 15) is 0 Å². The van der Waals surface area contributed by atoms with Gasteiger partial charge in [-0.2, -0.15) is 10.0 Å². The van der Waals surface area contributed by atoms with E-state index < -0.39 is 10.0 Å². The van der Waals surface area contributed by atoms with Crippen LogP contribution in [0.5, 0.6) is 0 Å². The predicted molar refractivity (Wildman–Crippen MR) is 71.4 cm³/mol. The molecule has 0 atom stereocenters. The monoisotopic (exact) mass is 290 g/mol. The van der Waals surface area contributed by atoms with E-state index in [1.807, 2.05) is 18.2 Å². The third-order valence-corrected chi connectivity index (χ3v) is 3.03. The summed E-state index contributed by atoms with van der Waals surface area (Å²) in [6.45, 7) is 0. The van der Waals surface area contributed by atoms with Gasteiger partial charge in [-0.15, -0.1) is 0 Å². The smallest absolute Gasteiger partial charge is 0.0418 e. The van der Waals surface area contributed by atoms with Gasteiger partial charge in [0, 0.05) is 15.1 Å². The Kier molecular flexibility index (Phi) is 3.94. The van der Waals surface area contributed by atoms with Crippen molar-refractivity contribution in [3.05, 3.63) is 33.3 Å². The van der Waals surface area contributed by atoms with Crippen molar-refractivity contribution in [1.82, 2.24) is 0 Å². The lowest BCUT2D eigenvalue weighted by Gasteiger charge is -2.14. The molecule has 0 nitrogen and oxygen atoms in total. The Morgan fingerprint density at radius 3 is 2.43 bits per heavy atom. The van der Waals surface area contributed by atoms with Crippen LogP contribution in [-0.2, 0) is 0 Å². The second-order valence-electron chi connectivity index (χ2n) is 3.69. The molecule has 3 heteroatoms. The van der Waals surface area contributed by atoms with Gasteiger partial charge in [-0.1, -0.05) is 17.5 Å². The van der Waals surface area contributed by atoms with E-state index in [2.05, 4.69) is 45.9 Å². The lowest BCUT2D eigenvalue weighted by atomic mass is 10.2. The molecular weight excluding hydrogens is 280 g/mol. The summed E-state index contributed by atoms with van der Waals surface area (Å²) in [4.78, 5) is 0. The molecule has 0 aliphatic heterocycles. The van der Waals surface area contributed by atoms with E-state index >= 15 is 0 Å². The maximum Gasteiger partial charge on any atom is 0.0418 e. The summed E-state index contributed by atoms with van der Waals surface area (Å²) in [6.07, 6.45) is 6.51. The molecule has 0 unspecified atom stereocenters. The van der Waals surface area contributed by atoms with Gasteiger partial charge in [-0.3, -0.25) is 0 Å². The summed E-state index contributed by atoms with van der Waals surface area (Å²) >= 11 is 9.27. The van der Waals surface area contributed by atoms with Gasteiger partial charge in [0.1, 0.15) is 0 Å². The van der Waals surface area contributed by atoms with Crippen LogP contribution in [0.15, 0.2) is 22.7 Å². The highest BCUT2D eigenvalue weighted by molar-refractivity contribution is 9.10. The Hall–Kier alpha value is -0.100. The van der Waals surface area contributed by atoms with Crippen molar-refractivity contribution in [2.24, 2.45) is 0 Å². The van der Waals surface area contributed by atoms with E-state index in [0.717, 1.165) is 15.1 Å². The molecule has 0 heterocycles. The number of benzene rings is 1. The second kappa shape index (κ2) is 4.61. The summed E-state index contributed by atoms with van der Waals surface area (Å²) in [5.41, 5.74) is 0.997. The third kappa shape index (κ3) is 3.96. The van der Waals surface area contributed by atoms with Gasteiger partial charge in [0.05, 0.1) is 0 Å². The fourth-order valence-corrected chi connectivity index (χ4v) is 2.00. The van der Waals surface area contributed by atoms with Gasteiger partial charge in [0.15, 0.2) is 0 Å². The van der Waals surface area contributed by atoms with Crippen LogP contribution in [0.4, 0.5) is 0 Å². The van der Waals surface area contributed by atoms with Crippen LogP contribution in [0.2, 0.25) is 5.02 Å². The van der Waals surface area contributed by atoms with E-state index in [1.54, 1.807) is 0 Å². The third-order valence-electron chi connectivity index (χ3n) is 1.42. The molecule has 0 aromatic heterocycles. The van der Waals surface area contributed by atoms with Crippen LogP contribution in [0, 0.1) is 11.2 Å². The van der Waals surface area contributed by atoms with Gasteiger partial charge >= 0.3 is 0 Å². The van der Waals surface area contributed by atoms with Crippen molar-refractivity contribution >= 4 is 37.6 Å². The number of hydrogen-bond donors (Lipinski definition) is 0. The van der Waals surface area contributed by atoms with Crippen LogP contribution in [-0.4, -0.2) is 18.8 Å². The molecule has 0 amide bonds. The SMILES string of the molecule is CS(C)(C)C#Cc1ccc(Cl)cc1Br. The van der Waals surface area contributed by atoms with E-state index in [4.69, 9.17) is 11.6 Å². The molecule has 0 spiro atoms. The maximum atomic E-state index is 5.83. The second-order valence-corrected chi connectivity index (χ2v) is 8.86. The number of rotatable bonds is 0. The van der Waals surface area contributed by atoms with Gasteiger partial charge in [-0.05, 0) is 58.1 Å². The minimum Gasteiger partial charge on any atom is -0.186 e. The highest BCUT2D eigenvalue weighted by atomic mass is 79.9. The van der Waals surface area contributed by atoms with Gasteiger partial charge in [0.2, 0.25) is 0 Å². The van der Waals surface area contributed by atoms with E-state index in [0.29, 0.717) is 0 Å². The molecule has 0 aliphatic rings. The Bertz CT molecular complexity index is 396. The zero-order valence-corrected chi connectivity index (χ0v) is 11.6. The molecule has 0 N–H and O–H groups in total. The Morgan fingerprint density at radius 2 is 1.93 bits per heavy atom. The molecule has 0 fully saturated rings. The first-order chi connectivity index (χ1) is 6.38. The minimum atomic E-state index is -0.764. The summed E-state index contributed by atoms with van der Waals surface area (Å²) < 4.78 is 0.959. The molecule has 0 saturated carbocycles. The quantitative estimate of drug-likeness (QED) is 0.631. The van der Waals surface area contributed by atoms with Gasteiger partial charge in [0.25, 0.3) is 0 Å². The molecule has 0 saturated heterocycles. The summed E-state index contributed by atoms with van der Waals surface area (Å²) in [7, 11) is -0.764. The first-order valence-electron chi connectivity index (χ1n) is 4.04. The van der Waals surface area contributed by atoms with Gasteiger partial charge < -0.3 is 0 Å². The lowest BCUT2D eigenvalue weighted by molar-refractivity contribution is 1.59. The molecule has 0 radical (unpaired) electrons. The van der Waals surface area contributed by atoms with Crippen LogP contribution in [0.25, 0.3) is 0 Å². The standard InChI is InChI=1S/C11H12BrClS/c1-14(2,3)7-6-9-4-5-10(13)8-11(9)12/h4-5,8H,1-3H3. The van der Waals surface area contributed by atoms with Crippen molar-refractivity contribution < 1.29 is 0 Å². The highest BCUT2D eigenvalue weighted by Crippen LogP contribution is 2.32. The van der Waals surface area contributed by atoms with Crippen LogP contribution in [0.3, 0.4) is 0 Å². The summed E-state index contributed by atoms with van der Waals surface area (Å²) in [5.74, 6) is 3.16. The molecule has 0 aliphatic carbocycles. The molecule has 76 valence electrons. The van der Waals surface area contributed by atoms with E-state index in [-0.39, 0.29) is 0 Å². The zero-order valence-electron chi connectivity index (χ0n) is 8.40. The van der Waals surface area contributed by atoms with Crippen molar-refractivity contribution in [2.75, 3.05) is 18.8 Å².